The van der Waals surface area contributed by atoms with Gasteiger partial charge in [0.1, 0.15) is 0 Å². The third kappa shape index (κ3) is 1.94. The average molecular weight is 230 g/mol. The molecule has 2 aliphatic rings. The van der Waals surface area contributed by atoms with Crippen molar-refractivity contribution in [2.75, 3.05) is 7.05 Å². The summed E-state index contributed by atoms with van der Waals surface area (Å²) in [5.41, 5.74) is 2.44. The van der Waals surface area contributed by atoms with Gasteiger partial charge >= 0.3 is 0 Å². The van der Waals surface area contributed by atoms with Crippen molar-refractivity contribution in [3.8, 4) is 0 Å². The minimum absolute atomic E-state index is 0.202. The zero-order valence-electron chi connectivity index (χ0n) is 10.2. The van der Waals surface area contributed by atoms with Crippen molar-refractivity contribution in [3.63, 3.8) is 0 Å². The van der Waals surface area contributed by atoms with Crippen molar-refractivity contribution in [1.82, 2.24) is 9.88 Å². The number of hydrogen-bond donors (Lipinski definition) is 0. The standard InChI is InChI=1S/C14H18N2O/c1-16(14(17)11-7-8-11)12-6-2-4-10-5-3-9-15-13(10)12/h3,5,9,11-12H,2,4,6-8H2,1H3/t12-/m0/s1. The number of nitrogens with zero attached hydrogens (tertiary/aromatic N) is 2. The summed E-state index contributed by atoms with van der Waals surface area (Å²) in [5, 5.41) is 0. The number of carbonyl (C=O) groups is 1. The number of carbonyl (C=O) groups excluding carboxylic acids is 1. The van der Waals surface area contributed by atoms with Gasteiger partial charge in [0.05, 0.1) is 11.7 Å². The first kappa shape index (κ1) is 10.8. The van der Waals surface area contributed by atoms with Gasteiger partial charge in [0.2, 0.25) is 5.91 Å². The molecule has 0 unspecified atom stereocenters. The zero-order chi connectivity index (χ0) is 11.8. The molecule has 1 heterocycles. The molecule has 1 aromatic heterocycles. The van der Waals surface area contributed by atoms with E-state index in [1.165, 1.54) is 5.56 Å². The normalized spacial score (nSPS) is 23.0. The van der Waals surface area contributed by atoms with E-state index in [-0.39, 0.29) is 6.04 Å². The van der Waals surface area contributed by atoms with E-state index >= 15 is 0 Å². The van der Waals surface area contributed by atoms with E-state index < -0.39 is 0 Å². The van der Waals surface area contributed by atoms with Gasteiger partial charge in [-0.1, -0.05) is 6.07 Å². The third-order valence-corrected chi connectivity index (χ3v) is 3.91. The van der Waals surface area contributed by atoms with Crippen molar-refractivity contribution < 1.29 is 4.79 Å². The summed E-state index contributed by atoms with van der Waals surface area (Å²) in [5.74, 6) is 0.614. The highest BCUT2D eigenvalue weighted by Crippen LogP contribution is 2.37. The lowest BCUT2D eigenvalue weighted by Gasteiger charge is -2.32. The van der Waals surface area contributed by atoms with Crippen LogP contribution in [0.3, 0.4) is 0 Å². The maximum absolute atomic E-state index is 12.1. The smallest absolute Gasteiger partial charge is 0.225 e. The van der Waals surface area contributed by atoms with Crippen molar-refractivity contribution in [2.45, 2.75) is 38.1 Å². The van der Waals surface area contributed by atoms with Gasteiger partial charge in [-0.2, -0.15) is 0 Å². The lowest BCUT2D eigenvalue weighted by atomic mass is 9.91. The van der Waals surface area contributed by atoms with E-state index in [1.54, 1.807) is 0 Å². The number of aryl methyl sites for hydroxylation is 1. The Morgan fingerprint density at radius 1 is 1.41 bits per heavy atom. The predicted molar refractivity (Wildman–Crippen MR) is 65.4 cm³/mol. The summed E-state index contributed by atoms with van der Waals surface area (Å²) in [7, 11) is 1.94. The summed E-state index contributed by atoms with van der Waals surface area (Å²) < 4.78 is 0. The van der Waals surface area contributed by atoms with Gasteiger partial charge in [0.15, 0.2) is 0 Å². The molecule has 17 heavy (non-hydrogen) atoms. The van der Waals surface area contributed by atoms with Crippen LogP contribution in [0.1, 0.15) is 43.0 Å². The van der Waals surface area contributed by atoms with Gasteiger partial charge in [-0.15, -0.1) is 0 Å². The number of hydrogen-bond acceptors (Lipinski definition) is 2. The summed E-state index contributed by atoms with van der Waals surface area (Å²) in [6.45, 7) is 0. The molecule has 3 nitrogen and oxygen atoms in total. The van der Waals surface area contributed by atoms with Crippen LogP contribution in [0.15, 0.2) is 18.3 Å². The van der Waals surface area contributed by atoms with E-state index in [1.807, 2.05) is 24.2 Å². The van der Waals surface area contributed by atoms with Crippen LogP contribution in [0.25, 0.3) is 0 Å². The molecule has 1 saturated carbocycles. The second-order valence-electron chi connectivity index (χ2n) is 5.18. The van der Waals surface area contributed by atoms with E-state index in [0.29, 0.717) is 11.8 Å². The molecule has 1 fully saturated rings. The van der Waals surface area contributed by atoms with Crippen molar-refractivity contribution in [1.29, 1.82) is 0 Å². The first-order valence-electron chi connectivity index (χ1n) is 6.48. The van der Waals surface area contributed by atoms with Gasteiger partial charge in [0.25, 0.3) is 0 Å². The Bertz CT molecular complexity index is 440. The number of pyridine rings is 1. The molecule has 3 heteroatoms. The average Bonchev–Trinajstić information content (AvgIpc) is 3.20. The van der Waals surface area contributed by atoms with Crippen LogP contribution in [-0.2, 0) is 11.2 Å². The molecule has 0 bridgehead atoms. The van der Waals surface area contributed by atoms with E-state index in [2.05, 4.69) is 11.1 Å². The number of fused-ring (bicyclic) bond motifs is 1. The fourth-order valence-electron chi connectivity index (χ4n) is 2.73. The molecule has 0 aliphatic heterocycles. The van der Waals surface area contributed by atoms with Crippen LogP contribution in [-0.4, -0.2) is 22.8 Å². The van der Waals surface area contributed by atoms with Gasteiger partial charge in [-0.05, 0) is 43.7 Å². The summed E-state index contributed by atoms with van der Waals surface area (Å²) in [6.07, 6.45) is 7.30. The number of aromatic nitrogens is 1. The molecule has 1 aromatic rings. The summed E-state index contributed by atoms with van der Waals surface area (Å²) >= 11 is 0. The van der Waals surface area contributed by atoms with Gasteiger partial charge in [-0.25, -0.2) is 0 Å². The lowest BCUT2D eigenvalue weighted by molar-refractivity contribution is -0.133. The van der Waals surface area contributed by atoms with Crippen molar-refractivity contribution >= 4 is 5.91 Å². The molecule has 2 aliphatic carbocycles. The Hall–Kier alpha value is -1.38. The summed E-state index contributed by atoms with van der Waals surface area (Å²) in [4.78, 5) is 18.5. The molecular formula is C14H18N2O. The van der Waals surface area contributed by atoms with Gasteiger partial charge in [-0.3, -0.25) is 9.78 Å². The molecule has 0 spiro atoms. The third-order valence-electron chi connectivity index (χ3n) is 3.91. The van der Waals surface area contributed by atoms with Crippen molar-refractivity contribution in [2.24, 2.45) is 5.92 Å². The molecule has 0 N–H and O–H groups in total. The highest BCUT2D eigenvalue weighted by molar-refractivity contribution is 5.81. The maximum Gasteiger partial charge on any atom is 0.225 e. The highest BCUT2D eigenvalue weighted by atomic mass is 16.2. The molecule has 0 radical (unpaired) electrons. The Balaban J connectivity index is 1.86. The molecule has 3 rings (SSSR count). The minimum atomic E-state index is 0.202. The lowest BCUT2D eigenvalue weighted by Crippen LogP contribution is -2.34. The molecule has 90 valence electrons. The fourth-order valence-corrected chi connectivity index (χ4v) is 2.73. The Morgan fingerprint density at radius 2 is 2.24 bits per heavy atom. The number of rotatable bonds is 2. The fraction of sp³-hybridized carbons (Fsp3) is 0.571. The van der Waals surface area contributed by atoms with Gasteiger partial charge in [0, 0.05) is 19.2 Å². The maximum atomic E-state index is 12.1. The zero-order valence-corrected chi connectivity index (χ0v) is 10.2. The first-order valence-corrected chi connectivity index (χ1v) is 6.48. The molecular weight excluding hydrogens is 212 g/mol. The largest absolute Gasteiger partial charge is 0.337 e. The Morgan fingerprint density at radius 3 is 3.00 bits per heavy atom. The molecule has 0 aromatic carbocycles. The monoisotopic (exact) mass is 230 g/mol. The SMILES string of the molecule is CN(C(=O)C1CC1)[C@H]1CCCc2cccnc21. The Labute approximate surface area is 102 Å². The molecule has 1 amide bonds. The van der Waals surface area contributed by atoms with Crippen LogP contribution in [0, 0.1) is 5.92 Å². The number of amides is 1. The molecule has 1 atom stereocenters. The topological polar surface area (TPSA) is 33.2 Å². The summed E-state index contributed by atoms with van der Waals surface area (Å²) in [6, 6.07) is 4.33. The van der Waals surface area contributed by atoms with Gasteiger partial charge < -0.3 is 4.90 Å². The van der Waals surface area contributed by atoms with Crippen LogP contribution >= 0.6 is 0 Å². The quantitative estimate of drug-likeness (QED) is 0.781. The van der Waals surface area contributed by atoms with Crippen LogP contribution in [0.5, 0.6) is 0 Å². The first-order chi connectivity index (χ1) is 8.27. The Kier molecular flexibility index (Phi) is 2.61. The molecule has 0 saturated heterocycles. The second-order valence-corrected chi connectivity index (χ2v) is 5.18. The van der Waals surface area contributed by atoms with Crippen LogP contribution in [0.4, 0.5) is 0 Å². The van der Waals surface area contributed by atoms with Crippen LogP contribution < -0.4 is 0 Å². The van der Waals surface area contributed by atoms with E-state index in [0.717, 1.165) is 37.8 Å². The van der Waals surface area contributed by atoms with Crippen LogP contribution in [0.2, 0.25) is 0 Å². The van der Waals surface area contributed by atoms with Crippen molar-refractivity contribution in [3.05, 3.63) is 29.6 Å². The predicted octanol–water partition coefficient (Wildman–Crippen LogP) is 2.33. The highest BCUT2D eigenvalue weighted by Gasteiger charge is 2.36. The van der Waals surface area contributed by atoms with E-state index in [9.17, 15) is 4.79 Å². The second kappa shape index (κ2) is 4.13. The van der Waals surface area contributed by atoms with E-state index in [4.69, 9.17) is 0 Å². The minimum Gasteiger partial charge on any atom is -0.337 e.